The summed E-state index contributed by atoms with van der Waals surface area (Å²) in [5, 5.41) is 0. The molecule has 2 aromatic rings. The molecule has 94 valence electrons. The fraction of sp³-hybridized carbons (Fsp3) is 0.200. The minimum Gasteiger partial charge on any atom is -0.207 e. The molecule has 0 saturated carbocycles. The Hall–Kier alpha value is -1.22. The Balaban J connectivity index is 2.42. The van der Waals surface area contributed by atoms with Crippen LogP contribution in [0, 0.1) is 25.5 Å². The van der Waals surface area contributed by atoms with Crippen molar-refractivity contribution in [2.24, 2.45) is 0 Å². The van der Waals surface area contributed by atoms with E-state index < -0.39 is 11.6 Å². The molecule has 0 bridgehead atoms. The second-order valence-electron chi connectivity index (χ2n) is 4.40. The first-order chi connectivity index (χ1) is 8.49. The molecule has 0 radical (unpaired) electrons. The van der Waals surface area contributed by atoms with Crippen LogP contribution >= 0.6 is 15.9 Å². The molecule has 2 rings (SSSR count). The quantitative estimate of drug-likeness (QED) is 0.680. The Morgan fingerprint density at radius 3 is 2.17 bits per heavy atom. The van der Waals surface area contributed by atoms with E-state index in [0.717, 1.165) is 17.2 Å². The van der Waals surface area contributed by atoms with E-state index in [9.17, 15) is 8.78 Å². The summed E-state index contributed by atoms with van der Waals surface area (Å²) in [6.45, 7) is 3.63. The fourth-order valence-corrected chi connectivity index (χ4v) is 2.44. The molecule has 1 atom stereocenters. The first kappa shape index (κ1) is 13.2. The van der Waals surface area contributed by atoms with Crippen molar-refractivity contribution in [1.29, 1.82) is 0 Å². The molecule has 0 nitrogen and oxygen atoms in total. The van der Waals surface area contributed by atoms with Gasteiger partial charge in [0.05, 0.1) is 4.83 Å². The first-order valence-corrected chi connectivity index (χ1v) is 6.57. The summed E-state index contributed by atoms with van der Waals surface area (Å²) in [5.74, 6) is -1.04. The molecule has 0 aliphatic carbocycles. The molecule has 2 aromatic carbocycles. The number of halogens is 3. The van der Waals surface area contributed by atoms with Gasteiger partial charge in [-0.05, 0) is 31.0 Å². The van der Waals surface area contributed by atoms with Crippen LogP contribution in [0.5, 0.6) is 0 Å². The van der Waals surface area contributed by atoms with E-state index in [2.05, 4.69) is 15.9 Å². The zero-order valence-corrected chi connectivity index (χ0v) is 11.8. The highest BCUT2D eigenvalue weighted by Crippen LogP contribution is 2.33. The average molecular weight is 311 g/mol. The van der Waals surface area contributed by atoms with Crippen LogP contribution in [0.2, 0.25) is 0 Å². The molecule has 0 spiro atoms. The topological polar surface area (TPSA) is 0 Å². The predicted octanol–water partition coefficient (Wildman–Crippen LogP) is 5.07. The molecular weight excluding hydrogens is 298 g/mol. The van der Waals surface area contributed by atoms with Gasteiger partial charge in [0.15, 0.2) is 0 Å². The summed E-state index contributed by atoms with van der Waals surface area (Å²) >= 11 is 3.47. The van der Waals surface area contributed by atoms with Crippen LogP contribution in [0.3, 0.4) is 0 Å². The molecule has 0 saturated heterocycles. The monoisotopic (exact) mass is 310 g/mol. The second kappa shape index (κ2) is 5.19. The Labute approximate surface area is 114 Å². The predicted molar refractivity (Wildman–Crippen MR) is 73.0 cm³/mol. The number of alkyl halides is 1. The molecular formula is C15H13BrF2. The SMILES string of the molecule is Cc1ccc(C(Br)c2cc(C)c(F)cc2F)cc1. The zero-order chi connectivity index (χ0) is 13.3. The second-order valence-corrected chi connectivity index (χ2v) is 5.31. The maximum absolute atomic E-state index is 13.8. The van der Waals surface area contributed by atoms with E-state index in [4.69, 9.17) is 0 Å². The van der Waals surface area contributed by atoms with Gasteiger partial charge in [0.1, 0.15) is 11.6 Å². The van der Waals surface area contributed by atoms with Gasteiger partial charge in [-0.25, -0.2) is 8.78 Å². The van der Waals surface area contributed by atoms with Crippen molar-refractivity contribution in [3.05, 3.63) is 70.3 Å². The molecule has 0 aliphatic heterocycles. The van der Waals surface area contributed by atoms with Crippen LogP contribution in [-0.4, -0.2) is 0 Å². The van der Waals surface area contributed by atoms with E-state index in [0.29, 0.717) is 11.1 Å². The van der Waals surface area contributed by atoms with Gasteiger partial charge in [-0.2, -0.15) is 0 Å². The Kier molecular flexibility index (Phi) is 3.81. The van der Waals surface area contributed by atoms with Gasteiger partial charge in [0, 0.05) is 11.6 Å². The molecule has 1 unspecified atom stereocenters. The van der Waals surface area contributed by atoms with Crippen molar-refractivity contribution in [2.45, 2.75) is 18.7 Å². The number of rotatable bonds is 2. The maximum atomic E-state index is 13.8. The van der Waals surface area contributed by atoms with Gasteiger partial charge in [-0.3, -0.25) is 0 Å². The molecule has 0 amide bonds. The van der Waals surface area contributed by atoms with Crippen LogP contribution in [0.25, 0.3) is 0 Å². The summed E-state index contributed by atoms with van der Waals surface area (Å²) < 4.78 is 27.0. The van der Waals surface area contributed by atoms with Crippen molar-refractivity contribution >= 4 is 15.9 Å². The minimum atomic E-state index is -0.527. The first-order valence-electron chi connectivity index (χ1n) is 5.65. The number of hydrogen-bond donors (Lipinski definition) is 0. The normalized spacial score (nSPS) is 12.5. The van der Waals surface area contributed by atoms with Gasteiger partial charge in [-0.1, -0.05) is 45.8 Å². The summed E-state index contributed by atoms with van der Waals surface area (Å²) in [6, 6.07) is 10.3. The van der Waals surface area contributed by atoms with E-state index in [1.54, 1.807) is 13.0 Å². The third-order valence-electron chi connectivity index (χ3n) is 2.92. The molecule has 3 heteroatoms. The van der Waals surface area contributed by atoms with Crippen molar-refractivity contribution in [3.63, 3.8) is 0 Å². The maximum Gasteiger partial charge on any atom is 0.130 e. The summed E-state index contributed by atoms with van der Waals surface area (Å²) in [7, 11) is 0. The van der Waals surface area contributed by atoms with Gasteiger partial charge in [0.25, 0.3) is 0 Å². The lowest BCUT2D eigenvalue weighted by molar-refractivity contribution is 0.569. The van der Waals surface area contributed by atoms with Crippen LogP contribution < -0.4 is 0 Å². The fourth-order valence-electron chi connectivity index (χ4n) is 1.79. The minimum absolute atomic E-state index is 0.266. The zero-order valence-electron chi connectivity index (χ0n) is 10.2. The average Bonchev–Trinajstić information content (AvgIpc) is 2.34. The molecule has 0 fully saturated rings. The Morgan fingerprint density at radius 2 is 1.56 bits per heavy atom. The van der Waals surface area contributed by atoms with Gasteiger partial charge < -0.3 is 0 Å². The van der Waals surface area contributed by atoms with Crippen LogP contribution in [-0.2, 0) is 0 Å². The van der Waals surface area contributed by atoms with E-state index >= 15 is 0 Å². The lowest BCUT2D eigenvalue weighted by Gasteiger charge is -2.13. The Bertz CT molecular complexity index is 561. The van der Waals surface area contributed by atoms with E-state index in [1.165, 1.54) is 0 Å². The van der Waals surface area contributed by atoms with Gasteiger partial charge in [0.2, 0.25) is 0 Å². The molecule has 0 aromatic heterocycles. The highest BCUT2D eigenvalue weighted by Gasteiger charge is 2.16. The van der Waals surface area contributed by atoms with Gasteiger partial charge >= 0.3 is 0 Å². The van der Waals surface area contributed by atoms with Gasteiger partial charge in [-0.15, -0.1) is 0 Å². The van der Waals surface area contributed by atoms with Crippen LogP contribution in [0.1, 0.15) is 27.1 Å². The van der Waals surface area contributed by atoms with Crippen molar-refractivity contribution < 1.29 is 8.78 Å². The number of hydrogen-bond acceptors (Lipinski definition) is 0. The summed E-state index contributed by atoms with van der Waals surface area (Å²) in [5.41, 5.74) is 3.00. The lowest BCUT2D eigenvalue weighted by atomic mass is 10.0. The van der Waals surface area contributed by atoms with Crippen LogP contribution in [0.4, 0.5) is 8.78 Å². The lowest BCUT2D eigenvalue weighted by Crippen LogP contribution is -1.99. The highest BCUT2D eigenvalue weighted by molar-refractivity contribution is 9.09. The molecule has 18 heavy (non-hydrogen) atoms. The standard InChI is InChI=1S/C15H13BrF2/c1-9-3-5-11(6-4-9)15(16)12-7-10(2)13(17)8-14(12)18/h3-8,15H,1-2H3. The van der Waals surface area contributed by atoms with Crippen LogP contribution in [0.15, 0.2) is 36.4 Å². The largest absolute Gasteiger partial charge is 0.207 e. The summed E-state index contributed by atoms with van der Waals surface area (Å²) in [4.78, 5) is -0.266. The van der Waals surface area contributed by atoms with Crippen molar-refractivity contribution in [1.82, 2.24) is 0 Å². The molecule has 0 N–H and O–H groups in total. The number of benzene rings is 2. The third kappa shape index (κ3) is 2.61. The van der Waals surface area contributed by atoms with E-state index in [1.807, 2.05) is 31.2 Å². The summed E-state index contributed by atoms with van der Waals surface area (Å²) in [6.07, 6.45) is 0. The highest BCUT2D eigenvalue weighted by atomic mass is 79.9. The van der Waals surface area contributed by atoms with Crippen molar-refractivity contribution in [2.75, 3.05) is 0 Å². The van der Waals surface area contributed by atoms with E-state index in [-0.39, 0.29) is 4.83 Å². The van der Waals surface area contributed by atoms with Crippen molar-refractivity contribution in [3.8, 4) is 0 Å². The molecule has 0 aliphatic rings. The third-order valence-corrected chi connectivity index (χ3v) is 3.94. The smallest absolute Gasteiger partial charge is 0.130 e. The Morgan fingerprint density at radius 1 is 0.944 bits per heavy atom. The molecule has 0 heterocycles. The number of aryl methyl sites for hydroxylation is 2.